The van der Waals surface area contributed by atoms with Crippen molar-refractivity contribution in [1.82, 2.24) is 4.90 Å². The zero-order chi connectivity index (χ0) is 13.5. The van der Waals surface area contributed by atoms with E-state index in [4.69, 9.17) is 10.5 Å². The molecule has 0 spiro atoms. The molecule has 1 aromatic rings. The third-order valence-corrected chi connectivity index (χ3v) is 2.34. The second-order valence-corrected chi connectivity index (χ2v) is 3.75. The second kappa shape index (κ2) is 7.03. The summed E-state index contributed by atoms with van der Waals surface area (Å²) in [4.78, 5) is 13.1. The summed E-state index contributed by atoms with van der Waals surface area (Å²) in [6.45, 7) is 1.45. The number of benzene rings is 1. The first kappa shape index (κ1) is 14.5. The number of halogens is 2. The van der Waals surface area contributed by atoms with Crippen LogP contribution in [-0.2, 0) is 4.74 Å². The molecule has 0 atom stereocenters. The van der Waals surface area contributed by atoms with Gasteiger partial charge in [0.2, 0.25) is 0 Å². The Kier molecular flexibility index (Phi) is 5.67. The minimum Gasteiger partial charge on any atom is -0.378 e. The third-order valence-electron chi connectivity index (χ3n) is 2.34. The van der Waals surface area contributed by atoms with Gasteiger partial charge in [0.1, 0.15) is 11.6 Å². The first-order valence-electron chi connectivity index (χ1n) is 5.54. The van der Waals surface area contributed by atoms with E-state index in [0.29, 0.717) is 32.4 Å². The molecule has 0 unspecified atom stereocenters. The van der Waals surface area contributed by atoms with Crippen LogP contribution in [0.3, 0.4) is 0 Å². The highest BCUT2D eigenvalue weighted by Gasteiger charge is 2.16. The zero-order valence-corrected chi connectivity index (χ0v) is 10.2. The first-order chi connectivity index (χ1) is 8.56. The van der Waals surface area contributed by atoms with Crippen LogP contribution >= 0.6 is 0 Å². The van der Waals surface area contributed by atoms with Gasteiger partial charge in [-0.15, -0.1) is 0 Å². The van der Waals surface area contributed by atoms with Gasteiger partial charge in [0.05, 0.1) is 18.8 Å². The fourth-order valence-corrected chi connectivity index (χ4v) is 1.36. The molecule has 4 nitrogen and oxygen atoms in total. The molecule has 0 heterocycles. The lowest BCUT2D eigenvalue weighted by atomic mass is 10.2. The third kappa shape index (κ3) is 4.05. The molecule has 100 valence electrons. The molecule has 6 heteroatoms. The molecular formula is C12H16F2N2O2. The molecule has 1 rings (SSSR count). The standard InChI is InChI=1S/C12H16F2N2O2/c1-16(5-7-18-6-4-15)12(17)10-3-2-9(13)8-11(10)14/h2-3,8H,4-7,15H2,1H3. The monoisotopic (exact) mass is 258 g/mol. The summed E-state index contributed by atoms with van der Waals surface area (Å²) in [5.74, 6) is -2.09. The van der Waals surface area contributed by atoms with Crippen LogP contribution in [0.25, 0.3) is 0 Å². The van der Waals surface area contributed by atoms with E-state index in [9.17, 15) is 13.6 Å². The molecule has 0 aromatic heterocycles. The van der Waals surface area contributed by atoms with Gasteiger partial charge in [-0.1, -0.05) is 0 Å². The summed E-state index contributed by atoms with van der Waals surface area (Å²) >= 11 is 0. The van der Waals surface area contributed by atoms with Crippen molar-refractivity contribution >= 4 is 5.91 Å². The summed E-state index contributed by atoms with van der Waals surface area (Å²) in [6, 6.07) is 2.87. The minimum atomic E-state index is -0.866. The zero-order valence-electron chi connectivity index (χ0n) is 10.2. The Labute approximate surface area is 104 Å². The molecule has 0 bridgehead atoms. The van der Waals surface area contributed by atoms with Gasteiger partial charge in [0, 0.05) is 26.2 Å². The molecule has 2 N–H and O–H groups in total. The van der Waals surface area contributed by atoms with Crippen LogP contribution in [0.5, 0.6) is 0 Å². The first-order valence-corrected chi connectivity index (χ1v) is 5.54. The van der Waals surface area contributed by atoms with Crippen molar-refractivity contribution in [3.05, 3.63) is 35.4 Å². The fraction of sp³-hybridized carbons (Fsp3) is 0.417. The Morgan fingerprint density at radius 1 is 1.39 bits per heavy atom. The maximum atomic E-state index is 13.4. The average Bonchev–Trinajstić information content (AvgIpc) is 2.33. The maximum Gasteiger partial charge on any atom is 0.256 e. The van der Waals surface area contributed by atoms with E-state index in [0.717, 1.165) is 12.1 Å². The van der Waals surface area contributed by atoms with E-state index in [-0.39, 0.29) is 5.56 Å². The van der Waals surface area contributed by atoms with Gasteiger partial charge in [0.25, 0.3) is 5.91 Å². The summed E-state index contributed by atoms with van der Waals surface area (Å²) < 4.78 is 31.2. The van der Waals surface area contributed by atoms with Crippen LogP contribution in [-0.4, -0.2) is 44.2 Å². The average molecular weight is 258 g/mol. The van der Waals surface area contributed by atoms with Crippen LogP contribution in [0.4, 0.5) is 8.78 Å². The van der Waals surface area contributed by atoms with Crippen LogP contribution in [0, 0.1) is 11.6 Å². The minimum absolute atomic E-state index is 0.155. The quantitative estimate of drug-likeness (QED) is 0.775. The van der Waals surface area contributed by atoms with Gasteiger partial charge in [-0.2, -0.15) is 0 Å². The number of nitrogens with zero attached hydrogens (tertiary/aromatic N) is 1. The summed E-state index contributed by atoms with van der Waals surface area (Å²) in [6.07, 6.45) is 0. The van der Waals surface area contributed by atoms with Gasteiger partial charge in [-0.3, -0.25) is 4.79 Å². The number of carbonyl (C=O) groups is 1. The highest BCUT2D eigenvalue weighted by atomic mass is 19.1. The largest absolute Gasteiger partial charge is 0.378 e. The van der Waals surface area contributed by atoms with Crippen molar-refractivity contribution in [2.24, 2.45) is 5.73 Å². The highest BCUT2D eigenvalue weighted by molar-refractivity contribution is 5.94. The number of hydrogen-bond acceptors (Lipinski definition) is 3. The molecule has 0 aliphatic rings. The molecule has 1 amide bonds. The molecule has 0 fully saturated rings. The van der Waals surface area contributed by atoms with Gasteiger partial charge in [-0.25, -0.2) is 8.78 Å². The number of amides is 1. The number of hydrogen-bond donors (Lipinski definition) is 1. The molecule has 0 aliphatic carbocycles. The highest BCUT2D eigenvalue weighted by Crippen LogP contribution is 2.11. The number of likely N-dealkylation sites (N-methyl/N-ethyl adjacent to an activating group) is 1. The predicted octanol–water partition coefficient (Wildman–Crippen LogP) is 1.01. The topological polar surface area (TPSA) is 55.6 Å². The van der Waals surface area contributed by atoms with Gasteiger partial charge < -0.3 is 15.4 Å². The Bertz CT molecular complexity index is 413. The van der Waals surface area contributed by atoms with Gasteiger partial charge in [0.15, 0.2) is 0 Å². The van der Waals surface area contributed by atoms with Crippen LogP contribution in [0.1, 0.15) is 10.4 Å². The molecule has 1 aromatic carbocycles. The molecule has 0 saturated heterocycles. The summed E-state index contributed by atoms with van der Waals surface area (Å²) in [7, 11) is 1.52. The van der Waals surface area contributed by atoms with Crippen molar-refractivity contribution in [1.29, 1.82) is 0 Å². The Morgan fingerprint density at radius 3 is 2.72 bits per heavy atom. The lowest BCUT2D eigenvalue weighted by Crippen LogP contribution is -2.31. The van der Waals surface area contributed by atoms with Crippen molar-refractivity contribution in [3.8, 4) is 0 Å². The van der Waals surface area contributed by atoms with Gasteiger partial charge >= 0.3 is 0 Å². The van der Waals surface area contributed by atoms with E-state index >= 15 is 0 Å². The Hall–Kier alpha value is -1.53. The van der Waals surface area contributed by atoms with Crippen LogP contribution in [0.15, 0.2) is 18.2 Å². The van der Waals surface area contributed by atoms with Crippen LogP contribution in [0.2, 0.25) is 0 Å². The van der Waals surface area contributed by atoms with E-state index in [2.05, 4.69) is 0 Å². The lowest BCUT2D eigenvalue weighted by molar-refractivity contribution is 0.0700. The second-order valence-electron chi connectivity index (χ2n) is 3.75. The van der Waals surface area contributed by atoms with Crippen molar-refractivity contribution < 1.29 is 18.3 Å². The molecular weight excluding hydrogens is 242 g/mol. The number of nitrogens with two attached hydrogens (primary N) is 1. The van der Waals surface area contributed by atoms with Crippen molar-refractivity contribution in [2.45, 2.75) is 0 Å². The maximum absolute atomic E-state index is 13.4. The van der Waals surface area contributed by atoms with E-state index in [1.165, 1.54) is 11.9 Å². The smallest absolute Gasteiger partial charge is 0.256 e. The Balaban J connectivity index is 2.57. The van der Waals surface area contributed by atoms with Crippen molar-refractivity contribution in [2.75, 3.05) is 33.4 Å². The lowest BCUT2D eigenvalue weighted by Gasteiger charge is -2.17. The van der Waals surface area contributed by atoms with Crippen molar-refractivity contribution in [3.63, 3.8) is 0 Å². The van der Waals surface area contributed by atoms with E-state index in [1.54, 1.807) is 0 Å². The fourth-order valence-electron chi connectivity index (χ4n) is 1.36. The van der Waals surface area contributed by atoms with E-state index in [1.807, 2.05) is 0 Å². The number of carbonyl (C=O) groups excluding carboxylic acids is 1. The number of rotatable bonds is 6. The number of ether oxygens (including phenoxy) is 1. The van der Waals surface area contributed by atoms with Crippen LogP contribution < -0.4 is 5.73 Å². The Morgan fingerprint density at radius 2 is 2.11 bits per heavy atom. The molecule has 0 saturated carbocycles. The summed E-state index contributed by atoms with van der Waals surface area (Å²) in [5.41, 5.74) is 5.08. The summed E-state index contributed by atoms with van der Waals surface area (Å²) in [5, 5.41) is 0. The SMILES string of the molecule is CN(CCOCCN)C(=O)c1ccc(F)cc1F. The molecule has 0 aliphatic heterocycles. The predicted molar refractivity (Wildman–Crippen MR) is 63.2 cm³/mol. The van der Waals surface area contributed by atoms with E-state index < -0.39 is 17.5 Å². The molecule has 0 radical (unpaired) electrons. The van der Waals surface area contributed by atoms with Gasteiger partial charge in [-0.05, 0) is 12.1 Å². The molecule has 18 heavy (non-hydrogen) atoms. The normalized spacial score (nSPS) is 10.4.